The Hall–Kier alpha value is -9.09. The monoisotopic (exact) mass is 1610 g/mol. The molecule has 628 valence electrons. The highest BCUT2D eigenvalue weighted by molar-refractivity contribution is 5.76. The topological polar surface area (TPSA) is 547 Å². The Morgan fingerprint density at radius 3 is 0.912 bits per heavy atom. The van der Waals surface area contributed by atoms with Crippen molar-refractivity contribution in [3.8, 4) is 0 Å². The maximum Gasteiger partial charge on any atom is 0.336 e. The minimum atomic E-state index is -2.56. The number of H-pyrrole nitrogens is 6. The van der Waals surface area contributed by atoms with Crippen LogP contribution in [0.25, 0.3) is 0 Å². The van der Waals surface area contributed by atoms with Crippen LogP contribution in [0.15, 0.2) is 131 Å². The lowest BCUT2D eigenvalue weighted by atomic mass is 9.98. The van der Waals surface area contributed by atoms with E-state index in [4.69, 9.17) is 72.2 Å². The molecule has 6 aliphatic heterocycles. The van der Waals surface area contributed by atoms with Gasteiger partial charge in [0.05, 0.1) is 46.9 Å². The van der Waals surface area contributed by atoms with E-state index in [9.17, 15) is 77.6 Å². The number of nitrogens with zero attached hydrogens (tertiary/aromatic N) is 6. The number of carbonyl (C=O) groups excluding carboxylic acids is 1. The molecule has 6 aromatic heterocycles. The van der Waals surface area contributed by atoms with Gasteiger partial charge in [0.1, 0.15) is 54.4 Å². The standard InChI is InChI=1S/C15H22N2O6.2C12H18N2O4.2C11H16N2O5.C10H14N2O6/c1-8-10(21-5)12(17-7-6-9(18)16-14(17)20)22-11(8)13(19)23-15(2,3)4;2*1-4-8-7(2)10(17-3)11(18-8)14-6-5-9(15)13-12(14)16;2*1-6-7(5-14)18-10(9(6)17-2)13-4-3-8(15)12-11(13)16;1-17-8-7(15)5(4-13)18-9(8)12-3-2-6(14)11-10(12)16/h6-8,10-12H,1-5H3,(H,16,18,20);2*5-8,10-11H,4H2,1-3H3,(H,13,15,16);2*3-4,6-7,9-10,14H,5H2,1-2H3,(H,12,15,16);2-3,5,7-9,13,15H,4H2,1H3,(H,11,14,16)/t8-,10+,11-,12+;2*7-,8-,10-,11-;2*6-,7-,9-,10-;5-,7-,8-,9-/m011111/s1/i;4D2;;5D2;;. The van der Waals surface area contributed by atoms with Crippen LogP contribution in [0.2, 0.25) is 0 Å². The average molecular weight is 1610 g/mol. The van der Waals surface area contributed by atoms with Crippen molar-refractivity contribution in [1.29, 1.82) is 0 Å². The summed E-state index contributed by atoms with van der Waals surface area (Å²) in [5, 5.41) is 37.6. The summed E-state index contributed by atoms with van der Waals surface area (Å²) in [6, 6.07) is 7.30. The smallest absolute Gasteiger partial charge is 0.336 e. The van der Waals surface area contributed by atoms with Crippen molar-refractivity contribution < 1.29 is 92.3 Å². The zero-order chi connectivity index (χ0) is 87.4. The highest BCUT2D eigenvalue weighted by Crippen LogP contribution is 2.40. The van der Waals surface area contributed by atoms with E-state index in [2.05, 4.69) is 29.9 Å². The van der Waals surface area contributed by atoms with Gasteiger partial charge in [-0.1, -0.05) is 48.5 Å². The number of ether oxygens (including phenoxy) is 13. The number of nitrogens with one attached hydrogen (secondary N) is 6. The van der Waals surface area contributed by atoms with E-state index < -0.39 is 203 Å². The Balaban J connectivity index is 0.000000194. The number of aromatic nitrogens is 12. The summed E-state index contributed by atoms with van der Waals surface area (Å²) in [4.78, 5) is 162. The average Bonchev–Trinajstić information content (AvgIpc) is 1.77. The molecule has 0 unspecified atom stereocenters. The largest absolute Gasteiger partial charge is 0.458 e. The van der Waals surface area contributed by atoms with Gasteiger partial charge in [-0.2, -0.15) is 0 Å². The van der Waals surface area contributed by atoms with Crippen molar-refractivity contribution in [3.05, 3.63) is 199 Å². The number of aliphatic hydroxyl groups is 4. The number of rotatable bonds is 18. The Bertz CT molecular complexity index is 4710. The lowest BCUT2D eigenvalue weighted by Crippen LogP contribution is -2.38. The predicted octanol–water partition coefficient (Wildman–Crippen LogP) is -2.63. The SMILES string of the molecule is CC[C@H]1O[C@@H](n2ccc(=O)[nH]c2=O)[C@H](OC)[C@@H]1C.CO[C@@H]1[C@H](C)[C@@H](C(=O)OC(C)(C)C)O[C@H]1n1ccc(=O)[nH]c1=O.CO[C@@H]1[C@H](C)[C@@H](CO)O[C@H]1n1ccc(=O)[nH]c1=O.CO[C@@H]1[C@H](O)[C@@H](CO)O[C@H]1n1ccc(=O)[nH]c1=O.[2H]C([2H])(C)[C@H]1O[C@@H](n2ccc(=O)[nH]c2=O)[C@H](OC)[C@@H]1C.[2H]C([2H])(O)[C@H]1O[C@@H](n2ccc(=O)[nH]c2=O)[C@H](OC)[C@@H]1C. The summed E-state index contributed by atoms with van der Waals surface area (Å²) >= 11 is 0. The fourth-order valence-corrected chi connectivity index (χ4v) is 13.7. The van der Waals surface area contributed by atoms with E-state index >= 15 is 0 Å². The molecule has 0 saturated carbocycles. The molecule has 42 nitrogen and oxygen atoms in total. The maximum absolute atomic E-state index is 12.3. The number of aromatic amines is 6. The molecular weight excluding hydrogens is 1500 g/mol. The van der Waals surface area contributed by atoms with Crippen LogP contribution in [0.3, 0.4) is 0 Å². The molecule has 42 heteroatoms. The molecule has 0 aromatic carbocycles. The van der Waals surface area contributed by atoms with Gasteiger partial charge in [-0.3, -0.25) is 86.1 Å². The predicted molar refractivity (Wildman–Crippen MR) is 396 cm³/mol. The third-order valence-electron chi connectivity index (χ3n) is 19.6. The summed E-state index contributed by atoms with van der Waals surface area (Å²) in [5.74, 6) is -1.40. The van der Waals surface area contributed by atoms with E-state index in [1.54, 1.807) is 41.7 Å². The summed E-state index contributed by atoms with van der Waals surface area (Å²) < 4.78 is 108. The Morgan fingerprint density at radius 1 is 0.389 bits per heavy atom. The second-order valence-electron chi connectivity index (χ2n) is 27.9. The molecule has 113 heavy (non-hydrogen) atoms. The lowest BCUT2D eigenvalue weighted by Gasteiger charge is -2.23. The van der Waals surface area contributed by atoms with Gasteiger partial charge in [-0.05, 0) is 33.6 Å². The van der Waals surface area contributed by atoms with Gasteiger partial charge in [0.15, 0.2) is 43.5 Å². The zero-order valence-electron chi connectivity index (χ0n) is 69.0. The van der Waals surface area contributed by atoms with Crippen LogP contribution in [-0.2, 0) is 66.4 Å². The summed E-state index contributed by atoms with van der Waals surface area (Å²) in [6.07, 6.45) is -5.18. The first-order valence-electron chi connectivity index (χ1n) is 37.7. The van der Waals surface area contributed by atoms with Crippen molar-refractivity contribution in [2.24, 2.45) is 29.6 Å². The number of aliphatic hydroxyl groups excluding tert-OH is 3. The fraction of sp³-hybridized carbons (Fsp3) is 0.648. The number of hydrogen-bond acceptors (Lipinski definition) is 30. The highest BCUT2D eigenvalue weighted by atomic mass is 16.6. The van der Waals surface area contributed by atoms with Crippen LogP contribution in [0, 0.1) is 29.6 Å². The highest BCUT2D eigenvalue weighted by Gasteiger charge is 2.51. The first kappa shape index (κ1) is 84.8. The number of carbonyl (C=O) groups is 1. The number of esters is 1. The molecule has 12 rings (SSSR count). The van der Waals surface area contributed by atoms with Gasteiger partial charge in [-0.25, -0.2) is 33.6 Å². The third kappa shape index (κ3) is 21.7. The molecule has 0 aliphatic carbocycles. The Labute approximate surface area is 648 Å². The van der Waals surface area contributed by atoms with Gasteiger partial charge >= 0.3 is 40.1 Å². The fourth-order valence-electron chi connectivity index (χ4n) is 13.7. The van der Waals surface area contributed by atoms with E-state index in [-0.39, 0.29) is 48.6 Å². The molecule has 10 N–H and O–H groups in total. The molecule has 24 atom stereocenters. The molecule has 6 fully saturated rings. The van der Waals surface area contributed by atoms with Crippen molar-refractivity contribution in [1.82, 2.24) is 57.3 Å². The normalized spacial score (nSPS) is 31.7. The molecule has 0 bridgehead atoms. The molecule has 6 saturated heterocycles. The van der Waals surface area contributed by atoms with Crippen LogP contribution in [0.1, 0.15) is 125 Å². The first-order valence-corrected chi connectivity index (χ1v) is 35.7. The van der Waals surface area contributed by atoms with Crippen LogP contribution < -0.4 is 67.5 Å². The molecule has 0 radical (unpaired) electrons. The number of methoxy groups -OCH3 is 6. The van der Waals surface area contributed by atoms with Gasteiger partial charge in [0, 0.05) is 149 Å². The first-order chi connectivity index (χ1) is 54.9. The van der Waals surface area contributed by atoms with Crippen LogP contribution in [-0.4, -0.2) is 231 Å². The molecule has 0 spiro atoms. The Kier molecular flexibility index (Phi) is 30.6. The maximum atomic E-state index is 12.3. The Morgan fingerprint density at radius 2 is 0.637 bits per heavy atom. The molecule has 0 amide bonds. The quantitative estimate of drug-likeness (QED) is 0.0394. The van der Waals surface area contributed by atoms with E-state index in [1.165, 1.54) is 122 Å². The van der Waals surface area contributed by atoms with E-state index in [0.717, 1.165) is 27.7 Å². The van der Waals surface area contributed by atoms with Gasteiger partial charge in [0.25, 0.3) is 33.4 Å². The van der Waals surface area contributed by atoms with Gasteiger partial charge in [-0.15, -0.1) is 0 Å². The minimum Gasteiger partial charge on any atom is -0.458 e. The zero-order valence-corrected chi connectivity index (χ0v) is 65.0. The van der Waals surface area contributed by atoms with Crippen molar-refractivity contribution in [2.75, 3.05) is 62.4 Å². The number of hydrogen-bond donors (Lipinski definition) is 10. The van der Waals surface area contributed by atoms with Crippen molar-refractivity contribution in [2.45, 2.75) is 204 Å². The molecule has 6 aromatic rings. The third-order valence-corrected chi connectivity index (χ3v) is 19.6. The van der Waals surface area contributed by atoms with Crippen molar-refractivity contribution >= 4 is 5.97 Å². The van der Waals surface area contributed by atoms with E-state index in [1.807, 2.05) is 27.7 Å². The summed E-state index contributed by atoms with van der Waals surface area (Å²) in [5.41, 5.74) is -7.19. The summed E-state index contributed by atoms with van der Waals surface area (Å²) in [6.45, 7) is 14.9. The van der Waals surface area contributed by atoms with Gasteiger partial charge in [0.2, 0.25) is 0 Å². The second kappa shape index (κ2) is 40.8. The lowest BCUT2D eigenvalue weighted by molar-refractivity contribution is -0.171. The van der Waals surface area contributed by atoms with Crippen LogP contribution in [0.5, 0.6) is 0 Å². The summed E-state index contributed by atoms with van der Waals surface area (Å²) in [7, 11) is 8.86. The second-order valence-corrected chi connectivity index (χ2v) is 27.9. The van der Waals surface area contributed by atoms with Gasteiger partial charge < -0.3 is 82.0 Å². The van der Waals surface area contributed by atoms with E-state index in [0.29, 0.717) is 0 Å². The van der Waals surface area contributed by atoms with Crippen molar-refractivity contribution in [3.63, 3.8) is 0 Å². The van der Waals surface area contributed by atoms with Crippen LogP contribution in [0.4, 0.5) is 0 Å². The molecule has 6 aliphatic rings. The van der Waals surface area contributed by atoms with Crippen LogP contribution >= 0.6 is 0 Å². The minimum absolute atomic E-state index is 0.0520. The molecule has 12 heterocycles. The molecular formula is C71H104N12O30.